The SMILES string of the molecule is CCC(CC(C/C=C/CCCC(=O)NC1CC(C)(C)N([O])C(C)(C)C1)c1ccccc1)c1ccc(P(=O)(c2ccccc2)c2ccccc2)cc1. The lowest BCUT2D eigenvalue weighted by molar-refractivity contribution is -0.290. The first-order valence-corrected chi connectivity index (χ1v) is 20.4. The average Bonchev–Trinajstić information content (AvgIpc) is 3.14. The summed E-state index contributed by atoms with van der Waals surface area (Å²) in [4.78, 5) is 12.8. The molecule has 0 aromatic heterocycles. The van der Waals surface area contributed by atoms with E-state index in [2.05, 4.69) is 79.0 Å². The Hall–Kier alpha value is -3.76. The van der Waals surface area contributed by atoms with Gasteiger partial charge in [0.1, 0.15) is 0 Å². The Labute approximate surface area is 306 Å². The molecule has 269 valence electrons. The van der Waals surface area contributed by atoms with Crippen LogP contribution < -0.4 is 21.2 Å². The topological polar surface area (TPSA) is 69.3 Å². The summed E-state index contributed by atoms with van der Waals surface area (Å²) in [5.41, 5.74) is 1.63. The summed E-state index contributed by atoms with van der Waals surface area (Å²) >= 11 is 0. The van der Waals surface area contributed by atoms with Gasteiger partial charge in [-0.05, 0) is 95.6 Å². The minimum atomic E-state index is -3.01. The molecule has 2 atom stereocenters. The van der Waals surface area contributed by atoms with Gasteiger partial charge in [0.2, 0.25) is 5.91 Å². The summed E-state index contributed by atoms with van der Waals surface area (Å²) in [7, 11) is -3.01. The minimum Gasteiger partial charge on any atom is -0.353 e. The number of hydroxylamine groups is 2. The van der Waals surface area contributed by atoms with Gasteiger partial charge in [-0.2, -0.15) is 0 Å². The molecule has 4 aromatic rings. The molecule has 1 N–H and O–H groups in total. The molecule has 5 rings (SSSR count). The van der Waals surface area contributed by atoms with E-state index in [-0.39, 0.29) is 11.9 Å². The molecule has 1 amide bonds. The third kappa shape index (κ3) is 9.57. The van der Waals surface area contributed by atoms with E-state index in [9.17, 15) is 14.6 Å². The van der Waals surface area contributed by atoms with Crippen molar-refractivity contribution in [2.45, 2.75) is 115 Å². The Balaban J connectivity index is 1.21. The van der Waals surface area contributed by atoms with E-state index in [0.29, 0.717) is 31.1 Å². The maximum absolute atomic E-state index is 14.9. The van der Waals surface area contributed by atoms with Crippen LogP contribution in [0.25, 0.3) is 0 Å². The highest BCUT2D eigenvalue weighted by molar-refractivity contribution is 7.85. The molecule has 0 aliphatic carbocycles. The van der Waals surface area contributed by atoms with Crippen LogP contribution >= 0.6 is 7.14 Å². The fourth-order valence-electron chi connectivity index (χ4n) is 8.08. The monoisotopic (exact) mass is 703 g/mol. The van der Waals surface area contributed by atoms with E-state index in [4.69, 9.17) is 0 Å². The van der Waals surface area contributed by atoms with E-state index in [1.165, 1.54) is 16.2 Å². The Kier molecular flexibility index (Phi) is 13.0. The van der Waals surface area contributed by atoms with Crippen molar-refractivity contribution in [2.24, 2.45) is 0 Å². The van der Waals surface area contributed by atoms with Gasteiger partial charge in [-0.15, -0.1) is 10.3 Å². The number of nitrogens with zero attached hydrogens (tertiary/aromatic N) is 1. The molecule has 51 heavy (non-hydrogen) atoms. The molecular weight excluding hydrogens is 647 g/mol. The summed E-state index contributed by atoms with van der Waals surface area (Å²) in [5.74, 6) is 0.786. The number of carbonyl (C=O) groups is 1. The van der Waals surface area contributed by atoms with E-state index >= 15 is 0 Å². The summed E-state index contributed by atoms with van der Waals surface area (Å²) < 4.78 is 14.9. The second-order valence-electron chi connectivity index (χ2n) is 15.5. The van der Waals surface area contributed by atoms with Crippen LogP contribution in [-0.2, 0) is 14.6 Å². The van der Waals surface area contributed by atoms with Crippen molar-refractivity contribution in [3.05, 3.63) is 139 Å². The van der Waals surface area contributed by atoms with Crippen molar-refractivity contribution in [1.29, 1.82) is 0 Å². The van der Waals surface area contributed by atoms with Crippen LogP contribution in [-0.4, -0.2) is 28.1 Å². The molecule has 0 bridgehead atoms. The number of unbranched alkanes of at least 4 members (excludes halogenated alkanes) is 1. The number of hydrogen-bond donors (Lipinski definition) is 1. The molecule has 5 nitrogen and oxygen atoms in total. The summed E-state index contributed by atoms with van der Waals surface area (Å²) in [6.07, 6.45) is 10.9. The van der Waals surface area contributed by atoms with Crippen LogP contribution in [0.2, 0.25) is 0 Å². The number of allylic oxidation sites excluding steroid dienone is 2. The van der Waals surface area contributed by atoms with Crippen molar-refractivity contribution in [2.75, 3.05) is 0 Å². The zero-order chi connectivity index (χ0) is 36.5. The van der Waals surface area contributed by atoms with Gasteiger partial charge in [0.25, 0.3) is 0 Å². The second kappa shape index (κ2) is 17.2. The molecule has 1 aliphatic rings. The fourth-order valence-corrected chi connectivity index (χ4v) is 10.7. The second-order valence-corrected chi connectivity index (χ2v) is 18.3. The molecule has 1 fully saturated rings. The summed E-state index contributed by atoms with van der Waals surface area (Å²) in [6, 6.07) is 39.0. The first-order chi connectivity index (χ1) is 24.4. The molecule has 1 saturated heterocycles. The minimum absolute atomic E-state index is 0.0230. The average molecular weight is 704 g/mol. The third-order valence-corrected chi connectivity index (χ3v) is 13.7. The molecule has 1 heterocycles. The first-order valence-electron chi connectivity index (χ1n) is 18.7. The van der Waals surface area contributed by atoms with Gasteiger partial charge in [0, 0.05) is 39.5 Å². The molecule has 2 unspecified atom stereocenters. The third-order valence-electron chi connectivity index (χ3n) is 10.6. The lowest BCUT2D eigenvalue weighted by atomic mass is 9.79. The van der Waals surface area contributed by atoms with E-state index in [0.717, 1.165) is 48.0 Å². The van der Waals surface area contributed by atoms with Crippen LogP contribution in [0.3, 0.4) is 0 Å². The largest absolute Gasteiger partial charge is 0.353 e. The van der Waals surface area contributed by atoms with Gasteiger partial charge in [-0.3, -0.25) is 4.79 Å². The van der Waals surface area contributed by atoms with Gasteiger partial charge >= 0.3 is 0 Å². The maximum Gasteiger partial charge on any atom is 0.220 e. The molecule has 0 spiro atoms. The molecule has 6 heteroatoms. The Morgan fingerprint density at radius 3 is 1.76 bits per heavy atom. The Morgan fingerprint density at radius 1 is 0.745 bits per heavy atom. The predicted molar refractivity (Wildman–Crippen MR) is 212 cm³/mol. The Bertz CT molecular complexity index is 1690. The normalized spacial score (nSPS) is 17.6. The molecule has 1 radical (unpaired) electrons. The number of amides is 1. The summed E-state index contributed by atoms with van der Waals surface area (Å²) in [6.45, 7) is 10.1. The lowest BCUT2D eigenvalue weighted by Crippen LogP contribution is -2.62. The smallest absolute Gasteiger partial charge is 0.220 e. The van der Waals surface area contributed by atoms with Crippen molar-refractivity contribution in [3.63, 3.8) is 0 Å². The van der Waals surface area contributed by atoms with E-state index < -0.39 is 18.2 Å². The Morgan fingerprint density at radius 2 is 1.24 bits per heavy atom. The summed E-state index contributed by atoms with van der Waals surface area (Å²) in [5, 5.41) is 19.6. The number of benzene rings is 4. The predicted octanol–water partition coefficient (Wildman–Crippen LogP) is 9.59. The van der Waals surface area contributed by atoms with E-state index in [1.807, 2.05) is 88.4 Å². The maximum atomic E-state index is 14.9. The highest BCUT2D eigenvalue weighted by Crippen LogP contribution is 2.43. The van der Waals surface area contributed by atoms with Crippen molar-refractivity contribution < 1.29 is 14.6 Å². The van der Waals surface area contributed by atoms with Crippen LogP contribution in [0, 0.1) is 0 Å². The number of carbonyl (C=O) groups excluding carboxylic acids is 1. The van der Waals surface area contributed by atoms with Gasteiger partial charge in [-0.1, -0.05) is 134 Å². The standard InChI is InChI=1S/C45H56N2O3P/c1-6-35(37-28-30-42(31-29-37)51(50,40-23-15-10-16-24-40)41-25-17-11-18-26-41)32-38(36-20-13-9-14-21-36)22-12-7-8-19-27-43(48)46-39-33-44(2,3)47(49)45(4,5)34-39/h7,9-18,20-21,23-26,28-31,35,38-39H,6,8,19,22,27,32-34H2,1-5H3,(H,46,48)/b12-7+. The van der Waals surface area contributed by atoms with E-state index in [1.54, 1.807) is 0 Å². The number of rotatable bonds is 15. The molecule has 4 aromatic carbocycles. The van der Waals surface area contributed by atoms with Crippen LogP contribution in [0.15, 0.2) is 127 Å². The number of hydrogen-bond acceptors (Lipinski definition) is 3. The van der Waals surface area contributed by atoms with Crippen LogP contribution in [0.5, 0.6) is 0 Å². The fraction of sp³-hybridized carbons (Fsp3) is 0.400. The van der Waals surface area contributed by atoms with Gasteiger partial charge in [0.15, 0.2) is 7.14 Å². The number of piperidine rings is 1. The first kappa shape index (κ1) is 38.5. The van der Waals surface area contributed by atoms with Crippen molar-refractivity contribution in [3.8, 4) is 0 Å². The highest BCUT2D eigenvalue weighted by Gasteiger charge is 2.46. The van der Waals surface area contributed by atoms with Gasteiger partial charge in [0.05, 0.1) is 0 Å². The molecule has 0 saturated carbocycles. The zero-order valence-electron chi connectivity index (χ0n) is 31.1. The lowest BCUT2D eigenvalue weighted by Gasteiger charge is -2.50. The zero-order valence-corrected chi connectivity index (χ0v) is 32.0. The van der Waals surface area contributed by atoms with Crippen molar-refractivity contribution in [1.82, 2.24) is 10.4 Å². The number of nitrogens with one attached hydrogen (secondary N) is 1. The van der Waals surface area contributed by atoms with Gasteiger partial charge < -0.3 is 9.88 Å². The van der Waals surface area contributed by atoms with Crippen LogP contribution in [0.4, 0.5) is 0 Å². The van der Waals surface area contributed by atoms with Crippen LogP contribution in [0.1, 0.15) is 109 Å². The van der Waals surface area contributed by atoms with Gasteiger partial charge in [-0.25, -0.2) is 0 Å². The van der Waals surface area contributed by atoms with Crippen molar-refractivity contribution >= 4 is 29.0 Å². The highest BCUT2D eigenvalue weighted by atomic mass is 31.2. The quantitative estimate of drug-likeness (QED) is 0.0762. The molecular formula is C45H56N2O3P. The molecule has 1 aliphatic heterocycles.